The first-order valence-electron chi connectivity index (χ1n) is 3.82. The Morgan fingerprint density at radius 3 is 2.69 bits per heavy atom. The third kappa shape index (κ3) is 1.66. The Bertz CT molecular complexity index is 413. The third-order valence-electron chi connectivity index (χ3n) is 1.67. The Morgan fingerprint density at radius 2 is 2.23 bits per heavy atom. The Labute approximate surface area is 88.3 Å². The fourth-order valence-electron chi connectivity index (χ4n) is 1.02. The van der Waals surface area contributed by atoms with Crippen molar-refractivity contribution in [3.63, 3.8) is 0 Å². The van der Waals surface area contributed by atoms with Gasteiger partial charge in [-0.3, -0.25) is 5.10 Å². The zero-order valence-electron chi connectivity index (χ0n) is 7.26. The minimum Gasteiger partial charge on any atom is -0.263 e. The average Bonchev–Trinajstić information content (AvgIpc) is 2.61. The maximum atomic E-state index is 4.26. The maximum absolute atomic E-state index is 4.26. The van der Waals surface area contributed by atoms with Crippen molar-refractivity contribution in [1.82, 2.24) is 15.2 Å². The summed E-state index contributed by atoms with van der Waals surface area (Å²) in [4.78, 5) is 5.35. The summed E-state index contributed by atoms with van der Waals surface area (Å²) in [6.45, 7) is 3.95. The highest BCUT2D eigenvalue weighted by molar-refractivity contribution is 9.11. The molecule has 2 rings (SSSR count). The van der Waals surface area contributed by atoms with Crippen molar-refractivity contribution >= 4 is 27.3 Å². The second-order valence-electron chi connectivity index (χ2n) is 2.81. The Morgan fingerprint density at radius 1 is 1.46 bits per heavy atom. The zero-order chi connectivity index (χ0) is 9.42. The van der Waals surface area contributed by atoms with Gasteiger partial charge in [0.2, 0.25) is 0 Å². The second kappa shape index (κ2) is 3.23. The third-order valence-corrected chi connectivity index (χ3v) is 3.81. The van der Waals surface area contributed by atoms with Crippen LogP contribution in [0.15, 0.2) is 9.85 Å². The molecule has 0 spiro atoms. The minimum absolute atomic E-state index is 0.774. The number of rotatable bonds is 1. The van der Waals surface area contributed by atoms with E-state index in [1.165, 1.54) is 5.56 Å². The molecule has 0 amide bonds. The maximum Gasteiger partial charge on any atom is 0.191 e. The molecule has 0 aromatic carbocycles. The van der Waals surface area contributed by atoms with E-state index in [0.29, 0.717) is 0 Å². The molecule has 0 unspecified atom stereocenters. The SMILES string of the molecule is Cc1nc(-c2cc(C)c(Br)s2)n[nH]1. The zero-order valence-corrected chi connectivity index (χ0v) is 9.66. The number of hydrogen-bond acceptors (Lipinski definition) is 3. The summed E-state index contributed by atoms with van der Waals surface area (Å²) in [5.41, 5.74) is 1.22. The molecule has 2 heterocycles. The monoisotopic (exact) mass is 257 g/mol. The van der Waals surface area contributed by atoms with Crippen LogP contribution in [-0.2, 0) is 0 Å². The topological polar surface area (TPSA) is 41.6 Å². The highest BCUT2D eigenvalue weighted by Gasteiger charge is 2.08. The van der Waals surface area contributed by atoms with E-state index in [9.17, 15) is 0 Å². The Kier molecular flexibility index (Phi) is 2.21. The van der Waals surface area contributed by atoms with Crippen molar-refractivity contribution in [3.05, 3.63) is 21.2 Å². The van der Waals surface area contributed by atoms with Crippen LogP contribution >= 0.6 is 27.3 Å². The molecule has 2 aromatic rings. The Balaban J connectivity index is 2.46. The molecule has 1 N–H and O–H groups in total. The molecule has 0 radical (unpaired) electrons. The fourth-order valence-corrected chi connectivity index (χ4v) is 2.49. The van der Waals surface area contributed by atoms with Crippen LogP contribution in [0.1, 0.15) is 11.4 Å². The van der Waals surface area contributed by atoms with Crippen LogP contribution in [0, 0.1) is 13.8 Å². The molecule has 0 aliphatic rings. The van der Waals surface area contributed by atoms with E-state index in [1.54, 1.807) is 11.3 Å². The summed E-state index contributed by atoms with van der Waals surface area (Å²) in [7, 11) is 0. The van der Waals surface area contributed by atoms with Crippen LogP contribution in [0.2, 0.25) is 0 Å². The van der Waals surface area contributed by atoms with E-state index in [-0.39, 0.29) is 0 Å². The van der Waals surface area contributed by atoms with Crippen molar-refractivity contribution in [2.24, 2.45) is 0 Å². The van der Waals surface area contributed by atoms with E-state index in [0.717, 1.165) is 20.3 Å². The fraction of sp³-hybridized carbons (Fsp3) is 0.250. The lowest BCUT2D eigenvalue weighted by Gasteiger charge is -1.83. The number of aryl methyl sites for hydroxylation is 2. The number of halogens is 1. The second-order valence-corrected chi connectivity index (χ2v) is 5.18. The van der Waals surface area contributed by atoms with Crippen LogP contribution in [0.25, 0.3) is 10.7 Å². The highest BCUT2D eigenvalue weighted by Crippen LogP contribution is 2.32. The van der Waals surface area contributed by atoms with Gasteiger partial charge in [-0.15, -0.1) is 11.3 Å². The van der Waals surface area contributed by atoms with Crippen molar-refractivity contribution in [1.29, 1.82) is 0 Å². The number of nitrogens with one attached hydrogen (secondary N) is 1. The summed E-state index contributed by atoms with van der Waals surface area (Å²) in [6, 6.07) is 2.08. The number of aromatic nitrogens is 3. The van der Waals surface area contributed by atoms with Crippen LogP contribution in [0.4, 0.5) is 0 Å². The lowest BCUT2D eigenvalue weighted by molar-refractivity contribution is 1.04. The predicted octanol–water partition coefficient (Wildman–Crippen LogP) is 2.91. The molecule has 0 saturated carbocycles. The lowest BCUT2D eigenvalue weighted by Crippen LogP contribution is -1.74. The first kappa shape index (κ1) is 8.90. The largest absolute Gasteiger partial charge is 0.263 e. The van der Waals surface area contributed by atoms with Crippen LogP contribution in [-0.4, -0.2) is 15.2 Å². The lowest BCUT2D eigenvalue weighted by atomic mass is 10.3. The van der Waals surface area contributed by atoms with E-state index in [1.807, 2.05) is 6.92 Å². The van der Waals surface area contributed by atoms with Gasteiger partial charge in [-0.1, -0.05) is 0 Å². The van der Waals surface area contributed by atoms with Gasteiger partial charge in [-0.25, -0.2) is 4.98 Å². The van der Waals surface area contributed by atoms with Crippen LogP contribution < -0.4 is 0 Å². The molecule has 0 aliphatic heterocycles. The minimum atomic E-state index is 0.774. The summed E-state index contributed by atoms with van der Waals surface area (Å²) >= 11 is 5.13. The molecule has 0 aliphatic carbocycles. The average molecular weight is 258 g/mol. The Hall–Kier alpha value is -0.680. The van der Waals surface area contributed by atoms with Crippen molar-refractivity contribution in [2.45, 2.75) is 13.8 Å². The smallest absolute Gasteiger partial charge is 0.191 e. The van der Waals surface area contributed by atoms with E-state index in [4.69, 9.17) is 0 Å². The van der Waals surface area contributed by atoms with Crippen LogP contribution in [0.3, 0.4) is 0 Å². The van der Waals surface area contributed by atoms with Crippen LogP contribution in [0.5, 0.6) is 0 Å². The van der Waals surface area contributed by atoms with E-state index < -0.39 is 0 Å². The van der Waals surface area contributed by atoms with Crippen molar-refractivity contribution in [2.75, 3.05) is 0 Å². The molecule has 13 heavy (non-hydrogen) atoms. The highest BCUT2D eigenvalue weighted by atomic mass is 79.9. The molecular formula is C8H8BrN3S. The molecule has 3 nitrogen and oxygen atoms in total. The van der Waals surface area contributed by atoms with Crippen molar-refractivity contribution < 1.29 is 0 Å². The molecule has 0 atom stereocenters. The van der Waals surface area contributed by atoms with E-state index in [2.05, 4.69) is 44.1 Å². The van der Waals surface area contributed by atoms with Gasteiger partial charge in [0.1, 0.15) is 5.82 Å². The number of nitrogens with zero attached hydrogens (tertiary/aromatic N) is 2. The van der Waals surface area contributed by atoms with Gasteiger partial charge >= 0.3 is 0 Å². The van der Waals surface area contributed by atoms with E-state index >= 15 is 0 Å². The molecular weight excluding hydrogens is 250 g/mol. The normalized spacial score (nSPS) is 10.7. The number of thiophene rings is 1. The van der Waals surface area contributed by atoms with Gasteiger partial charge < -0.3 is 0 Å². The summed E-state index contributed by atoms with van der Waals surface area (Å²) in [5.74, 6) is 1.62. The molecule has 0 fully saturated rings. The summed E-state index contributed by atoms with van der Waals surface area (Å²) in [6.07, 6.45) is 0. The first-order valence-corrected chi connectivity index (χ1v) is 5.43. The van der Waals surface area contributed by atoms with Gasteiger partial charge in [-0.2, -0.15) is 5.10 Å². The molecule has 0 bridgehead atoms. The van der Waals surface area contributed by atoms with Gasteiger partial charge in [0, 0.05) is 0 Å². The van der Waals surface area contributed by atoms with Gasteiger partial charge in [0.05, 0.1) is 8.66 Å². The first-order chi connectivity index (χ1) is 6.16. The molecule has 5 heteroatoms. The molecule has 0 saturated heterocycles. The standard InChI is InChI=1S/C8H8BrN3S/c1-4-3-6(13-7(4)9)8-10-5(2)11-12-8/h3H,1-2H3,(H,10,11,12). The van der Waals surface area contributed by atoms with Crippen molar-refractivity contribution in [3.8, 4) is 10.7 Å². The quantitative estimate of drug-likeness (QED) is 0.854. The number of H-pyrrole nitrogens is 1. The van der Waals surface area contributed by atoms with Gasteiger partial charge in [0.15, 0.2) is 5.82 Å². The van der Waals surface area contributed by atoms with Gasteiger partial charge in [-0.05, 0) is 41.4 Å². The number of hydrogen-bond donors (Lipinski definition) is 1. The molecule has 68 valence electrons. The summed E-state index contributed by atoms with van der Waals surface area (Å²) < 4.78 is 1.14. The van der Waals surface area contributed by atoms with Gasteiger partial charge in [0.25, 0.3) is 0 Å². The molecule has 2 aromatic heterocycles. The predicted molar refractivity (Wildman–Crippen MR) is 56.9 cm³/mol. The summed E-state index contributed by atoms with van der Waals surface area (Å²) in [5, 5.41) is 6.92. The number of aromatic amines is 1.